The van der Waals surface area contributed by atoms with Crippen molar-refractivity contribution in [2.24, 2.45) is 0 Å². The van der Waals surface area contributed by atoms with Gasteiger partial charge in [-0.15, -0.1) is 0 Å². The van der Waals surface area contributed by atoms with Crippen molar-refractivity contribution in [1.29, 1.82) is 0 Å². The fourth-order valence-electron chi connectivity index (χ4n) is 2.33. The maximum atomic E-state index is 12.5. The number of rotatable bonds is 1. The number of hydrogen-bond donors (Lipinski definition) is 0. The molecular formula is C13H6Cl3NO4S. The lowest BCUT2D eigenvalue weighted by Gasteiger charge is -2.28. The molecule has 1 aliphatic heterocycles. The summed E-state index contributed by atoms with van der Waals surface area (Å²) in [5.41, 5.74) is 0.121. The molecule has 0 radical (unpaired) electrons. The van der Waals surface area contributed by atoms with Crippen LogP contribution in [0, 0.1) is 0 Å². The Hall–Kier alpha value is -1.34. The normalized spacial score (nSPS) is 15.5. The van der Waals surface area contributed by atoms with Gasteiger partial charge in [0, 0.05) is 16.5 Å². The molecule has 2 aromatic rings. The average Bonchev–Trinajstić information content (AvgIpc) is 2.43. The average molecular weight is 379 g/mol. The van der Waals surface area contributed by atoms with Crippen LogP contribution in [0.1, 0.15) is 20.7 Å². The van der Waals surface area contributed by atoms with Crippen molar-refractivity contribution in [3.63, 3.8) is 0 Å². The van der Waals surface area contributed by atoms with Crippen LogP contribution in [0.25, 0.3) is 10.8 Å². The van der Waals surface area contributed by atoms with Crippen LogP contribution in [-0.4, -0.2) is 27.7 Å². The highest BCUT2D eigenvalue weighted by molar-refractivity contribution is 7.96. The molecule has 22 heavy (non-hydrogen) atoms. The molecule has 0 spiro atoms. The number of sulfonamides is 1. The Morgan fingerprint density at radius 3 is 1.73 bits per heavy atom. The van der Waals surface area contributed by atoms with E-state index in [1.807, 2.05) is 0 Å². The van der Waals surface area contributed by atoms with E-state index in [1.54, 1.807) is 24.3 Å². The highest BCUT2D eigenvalue weighted by Gasteiger charge is 2.50. The minimum absolute atomic E-state index is 0.0110. The second-order valence-electron chi connectivity index (χ2n) is 4.53. The fraction of sp³-hybridized carbons (Fsp3) is 0.0769. The number of halogens is 3. The molecule has 3 rings (SSSR count). The lowest BCUT2D eigenvalue weighted by Crippen LogP contribution is -2.48. The summed E-state index contributed by atoms with van der Waals surface area (Å²) in [4.78, 5) is 24.9. The molecule has 1 heterocycles. The molecule has 2 amide bonds. The van der Waals surface area contributed by atoms with Gasteiger partial charge in [0.15, 0.2) is 0 Å². The SMILES string of the molecule is O=C1c2cccc3cccc(c23)C(=O)N1S(=O)(=O)C(Cl)(Cl)Cl. The van der Waals surface area contributed by atoms with E-state index in [0.717, 1.165) is 0 Å². The van der Waals surface area contributed by atoms with E-state index in [0.29, 0.717) is 10.8 Å². The summed E-state index contributed by atoms with van der Waals surface area (Å²) in [5, 5.41) is 1.03. The zero-order valence-corrected chi connectivity index (χ0v) is 13.7. The molecule has 9 heteroatoms. The van der Waals surface area contributed by atoms with Gasteiger partial charge in [-0.05, 0) is 17.5 Å². The molecule has 1 aliphatic rings. The molecule has 0 unspecified atom stereocenters. The van der Waals surface area contributed by atoms with E-state index in [9.17, 15) is 18.0 Å². The molecule has 0 aliphatic carbocycles. The van der Waals surface area contributed by atoms with Gasteiger partial charge in [0.05, 0.1) is 0 Å². The van der Waals surface area contributed by atoms with Crippen LogP contribution in [0.2, 0.25) is 0 Å². The van der Waals surface area contributed by atoms with Crippen LogP contribution in [0.5, 0.6) is 0 Å². The maximum absolute atomic E-state index is 12.5. The van der Waals surface area contributed by atoms with E-state index < -0.39 is 25.0 Å². The number of amides is 2. The summed E-state index contributed by atoms with van der Waals surface area (Å²) in [7, 11) is -4.81. The van der Waals surface area contributed by atoms with Crippen molar-refractivity contribution in [1.82, 2.24) is 4.31 Å². The Morgan fingerprint density at radius 2 is 1.32 bits per heavy atom. The largest absolute Gasteiger partial charge is 0.312 e. The van der Waals surface area contributed by atoms with Gasteiger partial charge < -0.3 is 0 Å². The quantitative estimate of drug-likeness (QED) is 0.565. The van der Waals surface area contributed by atoms with E-state index in [4.69, 9.17) is 34.8 Å². The van der Waals surface area contributed by atoms with Crippen LogP contribution in [0.15, 0.2) is 36.4 Å². The van der Waals surface area contributed by atoms with Gasteiger partial charge in [0.2, 0.25) is 0 Å². The summed E-state index contributed by atoms with van der Waals surface area (Å²) in [6.45, 7) is 0. The maximum Gasteiger partial charge on any atom is 0.312 e. The van der Waals surface area contributed by atoms with Crippen molar-refractivity contribution in [3.05, 3.63) is 47.5 Å². The number of carbonyl (C=O) groups is 2. The zero-order valence-electron chi connectivity index (χ0n) is 10.6. The van der Waals surface area contributed by atoms with Crippen LogP contribution in [-0.2, 0) is 10.0 Å². The molecule has 0 fully saturated rings. The predicted molar refractivity (Wildman–Crippen MR) is 83.7 cm³/mol. The first-order valence-electron chi connectivity index (χ1n) is 5.88. The van der Waals surface area contributed by atoms with Gasteiger partial charge in [-0.2, -0.15) is 4.31 Å². The molecule has 0 atom stereocenters. The number of alkyl halides is 3. The van der Waals surface area contributed by atoms with Crippen molar-refractivity contribution >= 4 is 67.4 Å². The van der Waals surface area contributed by atoms with Gasteiger partial charge in [0.25, 0.3) is 21.8 Å². The van der Waals surface area contributed by atoms with Crippen molar-refractivity contribution in [2.75, 3.05) is 0 Å². The number of imide groups is 1. The van der Waals surface area contributed by atoms with E-state index >= 15 is 0 Å². The van der Waals surface area contributed by atoms with Gasteiger partial charge in [-0.1, -0.05) is 59.1 Å². The molecule has 0 bridgehead atoms. The molecule has 2 aromatic carbocycles. The molecule has 0 saturated carbocycles. The lowest BCUT2D eigenvalue weighted by atomic mass is 9.95. The van der Waals surface area contributed by atoms with Crippen LogP contribution >= 0.6 is 34.8 Å². The predicted octanol–water partition coefficient (Wildman–Crippen LogP) is 3.09. The number of carbonyl (C=O) groups excluding carboxylic acids is 2. The minimum atomic E-state index is -4.81. The summed E-state index contributed by atoms with van der Waals surface area (Å²) < 4.78 is 21.7. The van der Waals surface area contributed by atoms with Crippen LogP contribution < -0.4 is 0 Å². The first-order chi connectivity index (χ1) is 10.2. The molecule has 5 nitrogen and oxygen atoms in total. The number of nitrogens with zero attached hydrogens (tertiary/aromatic N) is 1. The van der Waals surface area contributed by atoms with Gasteiger partial charge in [-0.25, -0.2) is 8.42 Å². The molecule has 0 aromatic heterocycles. The van der Waals surface area contributed by atoms with Crippen LogP contribution in [0.3, 0.4) is 0 Å². The standard InChI is InChI=1S/C13H6Cl3NO4S/c14-13(15,16)22(20,21)17-11(18)8-5-1-3-7-4-2-6-9(10(7)8)12(17)19/h1-6H. The topological polar surface area (TPSA) is 71.5 Å². The second-order valence-corrected chi connectivity index (χ2v) is 9.42. The van der Waals surface area contributed by atoms with Gasteiger partial charge in [-0.3, -0.25) is 9.59 Å². The van der Waals surface area contributed by atoms with Crippen molar-refractivity contribution in [3.8, 4) is 0 Å². The Balaban J connectivity index is 2.34. The molecular weight excluding hydrogens is 373 g/mol. The lowest BCUT2D eigenvalue weighted by molar-refractivity contribution is 0.0726. The van der Waals surface area contributed by atoms with Crippen LogP contribution in [0.4, 0.5) is 0 Å². The van der Waals surface area contributed by atoms with Gasteiger partial charge in [0.1, 0.15) is 0 Å². The number of hydrogen-bond acceptors (Lipinski definition) is 4. The summed E-state index contributed by atoms with van der Waals surface area (Å²) in [6.07, 6.45) is 0. The van der Waals surface area contributed by atoms with Crippen molar-refractivity contribution < 1.29 is 18.0 Å². The smallest absolute Gasteiger partial charge is 0.267 e. The highest BCUT2D eigenvalue weighted by Crippen LogP contribution is 2.39. The van der Waals surface area contributed by atoms with E-state index in [2.05, 4.69) is 0 Å². The number of benzene rings is 2. The Kier molecular flexibility index (Phi) is 3.41. The molecule has 114 valence electrons. The third-order valence-electron chi connectivity index (χ3n) is 3.27. The molecule has 0 saturated heterocycles. The monoisotopic (exact) mass is 377 g/mol. The Bertz CT molecular complexity index is 883. The highest BCUT2D eigenvalue weighted by atomic mass is 35.6. The second kappa shape index (κ2) is 4.83. The van der Waals surface area contributed by atoms with E-state index in [1.165, 1.54) is 12.1 Å². The summed E-state index contributed by atoms with van der Waals surface area (Å²) >= 11 is 16.2. The van der Waals surface area contributed by atoms with Gasteiger partial charge >= 0.3 is 3.12 Å². The first-order valence-corrected chi connectivity index (χ1v) is 8.45. The fourth-order valence-corrected chi connectivity index (χ4v) is 3.79. The zero-order chi connectivity index (χ0) is 16.3. The first kappa shape index (κ1) is 15.6. The third-order valence-corrected chi connectivity index (χ3v) is 6.42. The molecule has 0 N–H and O–H groups in total. The van der Waals surface area contributed by atoms with E-state index in [-0.39, 0.29) is 15.4 Å². The Labute approximate surface area is 140 Å². The third kappa shape index (κ3) is 2.02. The Morgan fingerprint density at radius 1 is 0.864 bits per heavy atom. The van der Waals surface area contributed by atoms with Crippen molar-refractivity contribution in [2.45, 2.75) is 3.12 Å². The summed E-state index contributed by atoms with van der Waals surface area (Å²) in [5.74, 6) is -2.08. The minimum Gasteiger partial charge on any atom is -0.267 e. The summed E-state index contributed by atoms with van der Waals surface area (Å²) in [6, 6.07) is 9.41.